The number of nitrogen functional groups attached to an aromatic ring is 1. The average Bonchev–Trinajstić information content (AvgIpc) is 2.42. The second-order valence-electron chi connectivity index (χ2n) is 5.55. The third kappa shape index (κ3) is 2.78. The van der Waals surface area contributed by atoms with E-state index in [1.165, 1.54) is 17.7 Å². The number of halogens is 1. The number of hydrogen-bond acceptors (Lipinski definition) is 1. The fourth-order valence-electron chi connectivity index (χ4n) is 2.08. The first-order chi connectivity index (χ1) is 8.94. The fraction of sp³-hybridized carbons (Fsp3) is 0.294. The largest absolute Gasteiger partial charge is 0.398 e. The highest BCUT2D eigenvalue weighted by molar-refractivity contribution is 5.76. The van der Waals surface area contributed by atoms with Gasteiger partial charge in [-0.15, -0.1) is 0 Å². The number of hydrogen-bond donors (Lipinski definition) is 1. The Bertz CT molecular complexity index is 570. The number of benzene rings is 2. The first kappa shape index (κ1) is 13.6. The molecule has 0 bridgehead atoms. The monoisotopic (exact) mass is 257 g/mol. The van der Waals surface area contributed by atoms with Crippen molar-refractivity contribution in [2.45, 2.75) is 32.6 Å². The Hall–Kier alpha value is -1.83. The zero-order chi connectivity index (χ0) is 14.0. The van der Waals surface area contributed by atoms with Gasteiger partial charge in [0, 0.05) is 11.3 Å². The second-order valence-corrected chi connectivity index (χ2v) is 5.55. The number of nitrogens with two attached hydrogens (primary N) is 1. The zero-order valence-corrected chi connectivity index (χ0v) is 11.7. The smallest absolute Gasteiger partial charge is 0.123 e. The van der Waals surface area contributed by atoms with Crippen LogP contribution in [0.1, 0.15) is 32.8 Å². The summed E-state index contributed by atoms with van der Waals surface area (Å²) in [5, 5.41) is 0. The zero-order valence-electron chi connectivity index (χ0n) is 11.7. The predicted octanol–water partition coefficient (Wildman–Crippen LogP) is 4.76. The summed E-state index contributed by atoms with van der Waals surface area (Å²) in [6.45, 7) is 6.62. The van der Waals surface area contributed by atoms with Gasteiger partial charge in [-0.05, 0) is 41.2 Å². The van der Waals surface area contributed by atoms with Crippen molar-refractivity contribution >= 4 is 5.69 Å². The van der Waals surface area contributed by atoms with E-state index in [1.807, 2.05) is 12.1 Å². The molecule has 0 saturated carbocycles. The van der Waals surface area contributed by atoms with Gasteiger partial charge in [0.2, 0.25) is 0 Å². The van der Waals surface area contributed by atoms with Crippen molar-refractivity contribution in [3.8, 4) is 11.1 Å². The standard InChI is InChI=1S/C17H20FN/c1-4-17(2,3)13-7-5-12(6-8-13)15-11-14(18)9-10-16(15)19/h5-11H,4,19H2,1-3H3. The topological polar surface area (TPSA) is 26.0 Å². The molecule has 0 aliphatic rings. The van der Waals surface area contributed by atoms with Crippen molar-refractivity contribution in [3.63, 3.8) is 0 Å². The van der Waals surface area contributed by atoms with Crippen LogP contribution in [0.4, 0.5) is 10.1 Å². The molecule has 0 aliphatic heterocycles. The summed E-state index contributed by atoms with van der Waals surface area (Å²) in [5.41, 5.74) is 9.65. The molecule has 0 aliphatic carbocycles. The molecule has 2 rings (SSSR count). The van der Waals surface area contributed by atoms with E-state index in [2.05, 4.69) is 32.9 Å². The van der Waals surface area contributed by atoms with Crippen molar-refractivity contribution < 1.29 is 4.39 Å². The van der Waals surface area contributed by atoms with Crippen molar-refractivity contribution in [3.05, 3.63) is 53.8 Å². The minimum Gasteiger partial charge on any atom is -0.398 e. The minimum absolute atomic E-state index is 0.159. The lowest BCUT2D eigenvalue weighted by Crippen LogP contribution is -2.14. The molecule has 2 aromatic carbocycles. The lowest BCUT2D eigenvalue weighted by atomic mass is 9.82. The van der Waals surface area contributed by atoms with Gasteiger partial charge in [0.05, 0.1) is 0 Å². The Morgan fingerprint density at radius 1 is 1.05 bits per heavy atom. The Labute approximate surface area is 114 Å². The van der Waals surface area contributed by atoms with Crippen LogP contribution >= 0.6 is 0 Å². The van der Waals surface area contributed by atoms with Gasteiger partial charge in [-0.25, -0.2) is 4.39 Å². The third-order valence-electron chi connectivity index (χ3n) is 3.88. The Kier molecular flexibility index (Phi) is 3.61. The molecule has 1 nitrogen and oxygen atoms in total. The molecule has 0 spiro atoms. The summed E-state index contributed by atoms with van der Waals surface area (Å²) >= 11 is 0. The van der Waals surface area contributed by atoms with Crippen LogP contribution in [0.3, 0.4) is 0 Å². The molecule has 0 radical (unpaired) electrons. The van der Waals surface area contributed by atoms with Crippen LogP contribution in [0.25, 0.3) is 11.1 Å². The van der Waals surface area contributed by atoms with Crippen LogP contribution in [0.5, 0.6) is 0 Å². The lowest BCUT2D eigenvalue weighted by Gasteiger charge is -2.23. The van der Waals surface area contributed by atoms with Crippen molar-refractivity contribution in [1.82, 2.24) is 0 Å². The SMILES string of the molecule is CCC(C)(C)c1ccc(-c2cc(F)ccc2N)cc1. The molecule has 0 saturated heterocycles. The van der Waals surface area contributed by atoms with Gasteiger partial charge in [0.1, 0.15) is 5.82 Å². The molecule has 100 valence electrons. The fourth-order valence-corrected chi connectivity index (χ4v) is 2.08. The van der Waals surface area contributed by atoms with Gasteiger partial charge in [-0.2, -0.15) is 0 Å². The van der Waals surface area contributed by atoms with E-state index in [4.69, 9.17) is 5.73 Å². The maximum atomic E-state index is 13.3. The van der Waals surface area contributed by atoms with E-state index in [1.54, 1.807) is 6.07 Å². The number of rotatable bonds is 3. The maximum absolute atomic E-state index is 13.3. The molecule has 0 amide bonds. The Morgan fingerprint density at radius 2 is 1.68 bits per heavy atom. The summed E-state index contributed by atoms with van der Waals surface area (Å²) in [4.78, 5) is 0. The molecular weight excluding hydrogens is 237 g/mol. The molecule has 0 unspecified atom stereocenters. The van der Waals surface area contributed by atoms with Gasteiger partial charge in [-0.3, -0.25) is 0 Å². The van der Waals surface area contributed by atoms with Crippen LogP contribution in [-0.4, -0.2) is 0 Å². The molecule has 0 atom stereocenters. The lowest BCUT2D eigenvalue weighted by molar-refractivity contribution is 0.506. The van der Waals surface area contributed by atoms with Gasteiger partial charge >= 0.3 is 0 Å². The van der Waals surface area contributed by atoms with Crippen molar-refractivity contribution in [2.75, 3.05) is 5.73 Å². The third-order valence-corrected chi connectivity index (χ3v) is 3.88. The van der Waals surface area contributed by atoms with Gasteiger partial charge < -0.3 is 5.73 Å². The normalized spacial score (nSPS) is 11.6. The molecule has 0 aromatic heterocycles. The molecule has 2 aromatic rings. The minimum atomic E-state index is -0.262. The average molecular weight is 257 g/mol. The number of anilines is 1. The van der Waals surface area contributed by atoms with Crippen LogP contribution in [0, 0.1) is 5.82 Å². The molecule has 0 fully saturated rings. The van der Waals surface area contributed by atoms with Crippen molar-refractivity contribution in [1.29, 1.82) is 0 Å². The Morgan fingerprint density at radius 3 is 2.26 bits per heavy atom. The van der Waals surface area contributed by atoms with Gasteiger partial charge in [0.15, 0.2) is 0 Å². The van der Waals surface area contributed by atoms with Gasteiger partial charge in [-0.1, -0.05) is 45.0 Å². The van der Waals surface area contributed by atoms with Crippen LogP contribution in [0.2, 0.25) is 0 Å². The van der Waals surface area contributed by atoms with E-state index in [0.717, 1.165) is 17.5 Å². The molecular formula is C17H20FN. The predicted molar refractivity (Wildman–Crippen MR) is 79.6 cm³/mol. The van der Waals surface area contributed by atoms with Crippen LogP contribution < -0.4 is 5.73 Å². The van der Waals surface area contributed by atoms with E-state index >= 15 is 0 Å². The van der Waals surface area contributed by atoms with Crippen molar-refractivity contribution in [2.24, 2.45) is 0 Å². The van der Waals surface area contributed by atoms with E-state index < -0.39 is 0 Å². The second kappa shape index (κ2) is 5.04. The molecule has 19 heavy (non-hydrogen) atoms. The summed E-state index contributed by atoms with van der Waals surface area (Å²) in [5.74, 6) is -0.262. The highest BCUT2D eigenvalue weighted by Gasteiger charge is 2.17. The Balaban J connectivity index is 2.40. The first-order valence-electron chi connectivity index (χ1n) is 6.60. The first-order valence-corrected chi connectivity index (χ1v) is 6.60. The van der Waals surface area contributed by atoms with Crippen LogP contribution in [0.15, 0.2) is 42.5 Å². The summed E-state index contributed by atoms with van der Waals surface area (Å²) in [6, 6.07) is 12.7. The van der Waals surface area contributed by atoms with Crippen LogP contribution in [-0.2, 0) is 5.41 Å². The quantitative estimate of drug-likeness (QED) is 0.788. The molecule has 0 heterocycles. The van der Waals surface area contributed by atoms with Gasteiger partial charge in [0.25, 0.3) is 0 Å². The summed E-state index contributed by atoms with van der Waals surface area (Å²) in [6.07, 6.45) is 1.08. The van der Waals surface area contributed by atoms with E-state index in [9.17, 15) is 4.39 Å². The molecule has 2 heteroatoms. The highest BCUT2D eigenvalue weighted by Crippen LogP contribution is 2.31. The molecule has 2 N–H and O–H groups in total. The summed E-state index contributed by atoms with van der Waals surface area (Å²) in [7, 11) is 0. The summed E-state index contributed by atoms with van der Waals surface area (Å²) < 4.78 is 13.3. The van der Waals surface area contributed by atoms with E-state index in [-0.39, 0.29) is 11.2 Å². The maximum Gasteiger partial charge on any atom is 0.123 e. The highest BCUT2D eigenvalue weighted by atomic mass is 19.1. The van der Waals surface area contributed by atoms with E-state index in [0.29, 0.717) is 5.69 Å².